The van der Waals surface area contributed by atoms with E-state index in [2.05, 4.69) is 20.2 Å². The molecule has 0 aliphatic carbocycles. The van der Waals surface area contributed by atoms with Crippen molar-refractivity contribution in [2.24, 2.45) is 7.05 Å². The molecule has 1 aliphatic heterocycles. The number of rotatable bonds is 3. The fourth-order valence-electron chi connectivity index (χ4n) is 3.34. The van der Waals surface area contributed by atoms with Crippen molar-refractivity contribution in [3.63, 3.8) is 0 Å². The van der Waals surface area contributed by atoms with Gasteiger partial charge in [-0.05, 0) is 18.9 Å². The standard InChI is InChI=1S/C18H19FN6O2/c1-24-11-13(10-21-24)17-22-16(23-27-17)14-5-3-2-4-8-25(14)18(26)12-6-7-20-15(19)9-12/h6-7,9-11,14H,2-5,8H2,1H3/t14-/m0/s1. The normalized spacial score (nSPS) is 17.7. The Morgan fingerprint density at radius 1 is 1.33 bits per heavy atom. The predicted molar refractivity (Wildman–Crippen MR) is 92.9 cm³/mol. The zero-order valence-electron chi connectivity index (χ0n) is 14.9. The smallest absolute Gasteiger partial charge is 0.261 e. The molecule has 4 heterocycles. The number of likely N-dealkylation sites (tertiary alicyclic amines) is 1. The number of carbonyl (C=O) groups is 1. The van der Waals surface area contributed by atoms with Gasteiger partial charge in [-0.1, -0.05) is 18.0 Å². The van der Waals surface area contributed by atoms with Gasteiger partial charge in [0.25, 0.3) is 11.8 Å². The van der Waals surface area contributed by atoms with Gasteiger partial charge in [0, 0.05) is 37.6 Å². The highest BCUT2D eigenvalue weighted by Gasteiger charge is 2.31. The largest absolute Gasteiger partial charge is 0.334 e. The van der Waals surface area contributed by atoms with E-state index in [0.29, 0.717) is 18.3 Å². The number of amides is 1. The summed E-state index contributed by atoms with van der Waals surface area (Å²) in [5.74, 6) is -0.107. The lowest BCUT2D eigenvalue weighted by Gasteiger charge is -2.27. The van der Waals surface area contributed by atoms with Crippen LogP contribution in [0.25, 0.3) is 11.5 Å². The van der Waals surface area contributed by atoms with E-state index in [1.165, 1.54) is 12.3 Å². The molecule has 1 atom stereocenters. The Bertz CT molecular complexity index is 953. The van der Waals surface area contributed by atoms with Crippen molar-refractivity contribution in [1.82, 2.24) is 29.8 Å². The highest BCUT2D eigenvalue weighted by atomic mass is 19.1. The third-order valence-corrected chi connectivity index (χ3v) is 4.68. The third-order valence-electron chi connectivity index (χ3n) is 4.68. The zero-order chi connectivity index (χ0) is 18.8. The van der Waals surface area contributed by atoms with Gasteiger partial charge < -0.3 is 9.42 Å². The van der Waals surface area contributed by atoms with E-state index in [1.807, 2.05) is 0 Å². The highest BCUT2D eigenvalue weighted by Crippen LogP contribution is 2.31. The van der Waals surface area contributed by atoms with Gasteiger partial charge in [0.15, 0.2) is 5.82 Å². The highest BCUT2D eigenvalue weighted by molar-refractivity contribution is 5.94. The number of halogens is 1. The minimum atomic E-state index is -0.675. The summed E-state index contributed by atoms with van der Waals surface area (Å²) in [5.41, 5.74) is 0.990. The summed E-state index contributed by atoms with van der Waals surface area (Å²) in [4.78, 5) is 22.7. The first-order valence-corrected chi connectivity index (χ1v) is 8.87. The van der Waals surface area contributed by atoms with Crippen LogP contribution >= 0.6 is 0 Å². The summed E-state index contributed by atoms with van der Waals surface area (Å²) in [6, 6.07) is 2.36. The SMILES string of the molecule is Cn1cc(-c2nc([C@@H]3CCCCCN3C(=O)c3ccnc(F)c3)no2)cn1. The van der Waals surface area contributed by atoms with Crippen molar-refractivity contribution in [3.8, 4) is 11.5 Å². The number of aromatic nitrogens is 5. The number of hydrogen-bond acceptors (Lipinski definition) is 6. The Balaban J connectivity index is 1.64. The predicted octanol–water partition coefficient (Wildman–Crippen LogP) is 2.76. The van der Waals surface area contributed by atoms with Crippen molar-refractivity contribution in [2.45, 2.75) is 31.7 Å². The van der Waals surface area contributed by atoms with Crippen LogP contribution in [0, 0.1) is 5.95 Å². The molecule has 4 rings (SSSR count). The molecule has 8 nitrogen and oxygen atoms in total. The zero-order valence-corrected chi connectivity index (χ0v) is 14.9. The molecule has 3 aromatic rings. The molecule has 1 saturated heterocycles. The first-order valence-electron chi connectivity index (χ1n) is 8.87. The molecule has 9 heteroatoms. The lowest BCUT2D eigenvalue weighted by molar-refractivity contribution is 0.0669. The van der Waals surface area contributed by atoms with E-state index in [9.17, 15) is 9.18 Å². The van der Waals surface area contributed by atoms with Crippen LogP contribution in [0.1, 0.15) is 47.9 Å². The monoisotopic (exact) mass is 370 g/mol. The molecular formula is C18H19FN6O2. The van der Waals surface area contributed by atoms with Gasteiger partial charge in [-0.25, -0.2) is 4.98 Å². The van der Waals surface area contributed by atoms with E-state index in [0.717, 1.165) is 37.3 Å². The number of carbonyl (C=O) groups excluding carboxylic acids is 1. The van der Waals surface area contributed by atoms with E-state index in [4.69, 9.17) is 4.52 Å². The Labute approximate surface area is 155 Å². The van der Waals surface area contributed by atoms with E-state index in [-0.39, 0.29) is 17.5 Å². The maximum atomic E-state index is 13.5. The summed E-state index contributed by atoms with van der Waals surface area (Å²) < 4.78 is 20.5. The quantitative estimate of drug-likeness (QED) is 0.659. The summed E-state index contributed by atoms with van der Waals surface area (Å²) >= 11 is 0. The first-order chi connectivity index (χ1) is 13.1. The molecule has 0 aromatic carbocycles. The van der Waals surface area contributed by atoms with Gasteiger partial charge in [0.05, 0.1) is 17.8 Å². The van der Waals surface area contributed by atoms with Crippen LogP contribution in [-0.2, 0) is 7.05 Å². The molecular weight excluding hydrogens is 351 g/mol. The minimum absolute atomic E-state index is 0.254. The maximum Gasteiger partial charge on any atom is 0.261 e. The maximum absolute atomic E-state index is 13.5. The molecule has 0 bridgehead atoms. The van der Waals surface area contributed by atoms with Gasteiger partial charge in [-0.3, -0.25) is 9.48 Å². The fraction of sp³-hybridized carbons (Fsp3) is 0.389. The minimum Gasteiger partial charge on any atom is -0.334 e. The van der Waals surface area contributed by atoms with Crippen molar-refractivity contribution in [3.05, 3.63) is 48.1 Å². The lowest BCUT2D eigenvalue weighted by atomic mass is 10.1. The van der Waals surface area contributed by atoms with Crippen LogP contribution in [0.15, 0.2) is 35.2 Å². The second kappa shape index (κ2) is 7.26. The molecule has 27 heavy (non-hydrogen) atoms. The molecule has 3 aromatic heterocycles. The molecule has 0 saturated carbocycles. The Morgan fingerprint density at radius 3 is 3.00 bits per heavy atom. The van der Waals surface area contributed by atoms with Crippen LogP contribution in [-0.4, -0.2) is 42.3 Å². The fourth-order valence-corrected chi connectivity index (χ4v) is 3.34. The van der Waals surface area contributed by atoms with Crippen molar-refractivity contribution in [2.75, 3.05) is 6.54 Å². The van der Waals surface area contributed by atoms with E-state index < -0.39 is 5.95 Å². The Morgan fingerprint density at radius 2 is 2.22 bits per heavy atom. The summed E-state index contributed by atoms with van der Waals surface area (Å²) in [5, 5.41) is 8.21. The first kappa shape index (κ1) is 17.3. The second-order valence-electron chi connectivity index (χ2n) is 6.59. The Hall–Kier alpha value is -3.10. The molecule has 0 unspecified atom stereocenters. The molecule has 140 valence electrons. The average Bonchev–Trinajstić information content (AvgIpc) is 3.24. The van der Waals surface area contributed by atoms with Crippen molar-refractivity contribution >= 4 is 5.91 Å². The number of aryl methyl sites for hydroxylation is 1. The van der Waals surface area contributed by atoms with Gasteiger partial charge in [0.2, 0.25) is 5.95 Å². The molecule has 1 amide bonds. The van der Waals surface area contributed by atoms with Crippen LogP contribution < -0.4 is 0 Å². The van der Waals surface area contributed by atoms with E-state index in [1.54, 1.807) is 29.0 Å². The van der Waals surface area contributed by atoms with Crippen molar-refractivity contribution in [1.29, 1.82) is 0 Å². The number of pyridine rings is 1. The van der Waals surface area contributed by atoms with Crippen LogP contribution in [0.5, 0.6) is 0 Å². The van der Waals surface area contributed by atoms with Gasteiger partial charge >= 0.3 is 0 Å². The third kappa shape index (κ3) is 3.57. The van der Waals surface area contributed by atoms with Crippen LogP contribution in [0.2, 0.25) is 0 Å². The van der Waals surface area contributed by atoms with Crippen LogP contribution in [0.3, 0.4) is 0 Å². The van der Waals surface area contributed by atoms with Crippen LogP contribution in [0.4, 0.5) is 4.39 Å². The topological polar surface area (TPSA) is 89.9 Å². The Kier molecular flexibility index (Phi) is 4.66. The average molecular weight is 370 g/mol. The molecule has 0 N–H and O–H groups in total. The molecule has 0 radical (unpaired) electrons. The summed E-state index contributed by atoms with van der Waals surface area (Å²) in [6.07, 6.45) is 8.30. The number of hydrogen-bond donors (Lipinski definition) is 0. The second-order valence-corrected chi connectivity index (χ2v) is 6.59. The number of nitrogens with zero attached hydrogens (tertiary/aromatic N) is 6. The summed E-state index contributed by atoms with van der Waals surface area (Å²) in [6.45, 7) is 0.560. The molecule has 1 aliphatic rings. The van der Waals surface area contributed by atoms with Gasteiger partial charge in [-0.2, -0.15) is 14.5 Å². The molecule has 1 fully saturated rings. The van der Waals surface area contributed by atoms with E-state index >= 15 is 0 Å². The van der Waals surface area contributed by atoms with Gasteiger partial charge in [-0.15, -0.1) is 0 Å². The van der Waals surface area contributed by atoms with Crippen molar-refractivity contribution < 1.29 is 13.7 Å². The molecule has 0 spiro atoms. The lowest BCUT2D eigenvalue weighted by Crippen LogP contribution is -2.35. The van der Waals surface area contributed by atoms with Gasteiger partial charge in [0.1, 0.15) is 0 Å². The summed E-state index contributed by atoms with van der Waals surface area (Å²) in [7, 11) is 1.81.